The molecule has 5 rings (SSSR count). The number of anilines is 4. The minimum Gasteiger partial charge on any atom is -0.481 e. The van der Waals surface area contributed by atoms with Gasteiger partial charge in [0.05, 0.1) is 5.92 Å². The van der Waals surface area contributed by atoms with Crippen molar-refractivity contribution in [1.29, 1.82) is 0 Å². The van der Waals surface area contributed by atoms with E-state index >= 15 is 0 Å². The van der Waals surface area contributed by atoms with Crippen molar-refractivity contribution < 1.29 is 9.90 Å². The molecule has 1 saturated heterocycles. The van der Waals surface area contributed by atoms with Gasteiger partial charge in [0, 0.05) is 36.9 Å². The number of aliphatic carboxylic acids is 1. The first-order valence-corrected chi connectivity index (χ1v) is 12.2. The fraction of sp³-hybridized carbons (Fsp3) is 0.259. The van der Waals surface area contributed by atoms with Gasteiger partial charge in [-0.1, -0.05) is 18.2 Å². The van der Waals surface area contributed by atoms with Crippen LogP contribution in [0, 0.1) is 12.8 Å². The Morgan fingerprint density at radius 1 is 0.973 bits per heavy atom. The molecule has 0 bridgehead atoms. The number of pyridine rings is 1. The van der Waals surface area contributed by atoms with Crippen LogP contribution in [0.5, 0.6) is 0 Å². The predicted octanol–water partition coefficient (Wildman–Crippen LogP) is 4.42. The summed E-state index contributed by atoms with van der Waals surface area (Å²) >= 11 is 0. The van der Waals surface area contributed by atoms with Crippen LogP contribution in [-0.2, 0) is 11.3 Å². The molecule has 4 aromatic rings. The number of aromatic nitrogens is 5. The maximum absolute atomic E-state index is 11.3. The Bertz CT molecular complexity index is 1380. The number of carboxylic acid groups (broad SMARTS) is 1. The summed E-state index contributed by atoms with van der Waals surface area (Å²) in [6.07, 6.45) is 5.02. The van der Waals surface area contributed by atoms with E-state index in [1.807, 2.05) is 49.4 Å². The highest BCUT2D eigenvalue weighted by molar-refractivity contribution is 5.70. The zero-order valence-corrected chi connectivity index (χ0v) is 20.5. The molecule has 3 N–H and O–H groups in total. The summed E-state index contributed by atoms with van der Waals surface area (Å²) in [6, 6.07) is 17.3. The molecule has 1 aliphatic heterocycles. The van der Waals surface area contributed by atoms with Gasteiger partial charge in [0.2, 0.25) is 5.95 Å². The summed E-state index contributed by atoms with van der Waals surface area (Å²) in [7, 11) is 0. The number of hydrogen-bond donors (Lipinski definition) is 3. The van der Waals surface area contributed by atoms with E-state index in [0.717, 1.165) is 42.9 Å². The largest absolute Gasteiger partial charge is 0.481 e. The topological polar surface area (TPSA) is 129 Å². The number of rotatable bonds is 8. The van der Waals surface area contributed by atoms with Crippen LogP contribution in [0.15, 0.2) is 67.0 Å². The monoisotopic (exact) mass is 496 g/mol. The van der Waals surface area contributed by atoms with Crippen LogP contribution in [0.25, 0.3) is 11.5 Å². The van der Waals surface area contributed by atoms with Crippen molar-refractivity contribution in [3.8, 4) is 11.5 Å². The number of nitrogens with zero attached hydrogens (tertiary/aromatic N) is 6. The average Bonchev–Trinajstić information content (AvgIpc) is 2.90. The summed E-state index contributed by atoms with van der Waals surface area (Å²) in [4.78, 5) is 35.8. The highest BCUT2D eigenvalue weighted by atomic mass is 16.4. The second-order valence-electron chi connectivity index (χ2n) is 9.05. The van der Waals surface area contributed by atoms with E-state index in [0.29, 0.717) is 35.6 Å². The lowest BCUT2D eigenvalue weighted by molar-refractivity contribution is -0.143. The van der Waals surface area contributed by atoms with E-state index in [4.69, 9.17) is 0 Å². The molecule has 10 nitrogen and oxygen atoms in total. The van der Waals surface area contributed by atoms with E-state index in [9.17, 15) is 9.90 Å². The number of benzene rings is 1. The Morgan fingerprint density at radius 2 is 1.76 bits per heavy atom. The smallest absolute Gasteiger partial charge is 0.307 e. The van der Waals surface area contributed by atoms with Crippen molar-refractivity contribution in [1.82, 2.24) is 29.8 Å². The summed E-state index contributed by atoms with van der Waals surface area (Å²) in [5.74, 6) is 1.20. The normalized spacial score (nSPS) is 15.8. The molecule has 0 radical (unpaired) electrons. The lowest BCUT2D eigenvalue weighted by Gasteiger charge is -2.30. The first kappa shape index (κ1) is 24.3. The van der Waals surface area contributed by atoms with Gasteiger partial charge in [-0.3, -0.25) is 9.69 Å². The first-order chi connectivity index (χ1) is 18.0. The molecular weight excluding hydrogens is 468 g/mol. The van der Waals surface area contributed by atoms with Crippen LogP contribution in [0.3, 0.4) is 0 Å². The number of hydrogen-bond acceptors (Lipinski definition) is 9. The van der Waals surface area contributed by atoms with Gasteiger partial charge < -0.3 is 15.7 Å². The van der Waals surface area contributed by atoms with Crippen molar-refractivity contribution in [2.24, 2.45) is 5.92 Å². The Kier molecular flexibility index (Phi) is 7.27. The third-order valence-electron chi connectivity index (χ3n) is 6.16. The zero-order chi connectivity index (χ0) is 25.6. The molecule has 1 aliphatic rings. The molecule has 1 atom stereocenters. The van der Waals surface area contributed by atoms with Crippen LogP contribution in [0.1, 0.15) is 24.1 Å². The summed E-state index contributed by atoms with van der Waals surface area (Å²) in [5, 5.41) is 15.7. The molecule has 0 unspecified atom stereocenters. The maximum Gasteiger partial charge on any atom is 0.307 e. The summed E-state index contributed by atoms with van der Waals surface area (Å²) < 4.78 is 0. The third kappa shape index (κ3) is 6.42. The molecule has 0 spiro atoms. The highest BCUT2D eigenvalue weighted by Crippen LogP contribution is 2.22. The molecular formula is C27H28N8O2. The van der Waals surface area contributed by atoms with Crippen LogP contribution in [0.2, 0.25) is 0 Å². The molecule has 1 aromatic carbocycles. The SMILES string of the molecule is Cc1cccc(-c2nccc(Nc3ccnc(Nc4ccc(CN5CCC[C@H](C(=O)O)C5)cc4)n3)n2)n1. The Balaban J connectivity index is 1.21. The van der Waals surface area contributed by atoms with Crippen molar-refractivity contribution >= 4 is 29.2 Å². The van der Waals surface area contributed by atoms with Crippen LogP contribution < -0.4 is 10.6 Å². The summed E-state index contributed by atoms with van der Waals surface area (Å²) in [5.41, 5.74) is 3.60. The minimum absolute atomic E-state index is 0.277. The predicted molar refractivity (Wildman–Crippen MR) is 141 cm³/mol. The van der Waals surface area contributed by atoms with Gasteiger partial charge in [0.15, 0.2) is 5.82 Å². The minimum atomic E-state index is -0.704. The number of nitrogens with one attached hydrogen (secondary N) is 2. The van der Waals surface area contributed by atoms with Crippen molar-refractivity contribution in [2.45, 2.75) is 26.3 Å². The molecule has 0 saturated carbocycles. The third-order valence-corrected chi connectivity index (χ3v) is 6.16. The fourth-order valence-corrected chi connectivity index (χ4v) is 4.32. The molecule has 3 aromatic heterocycles. The van der Waals surface area contributed by atoms with Gasteiger partial charge in [-0.15, -0.1) is 0 Å². The lowest BCUT2D eigenvalue weighted by atomic mass is 9.98. The number of piperidine rings is 1. The summed E-state index contributed by atoms with van der Waals surface area (Å²) in [6.45, 7) is 4.18. The Labute approximate surface area is 214 Å². The second kappa shape index (κ2) is 11.1. The highest BCUT2D eigenvalue weighted by Gasteiger charge is 2.25. The fourth-order valence-electron chi connectivity index (χ4n) is 4.32. The van der Waals surface area contributed by atoms with Crippen molar-refractivity contribution in [3.63, 3.8) is 0 Å². The maximum atomic E-state index is 11.3. The van der Waals surface area contributed by atoms with Crippen LogP contribution >= 0.6 is 0 Å². The van der Waals surface area contributed by atoms with Gasteiger partial charge in [-0.2, -0.15) is 4.98 Å². The molecule has 10 heteroatoms. The van der Waals surface area contributed by atoms with Crippen molar-refractivity contribution in [3.05, 3.63) is 78.2 Å². The molecule has 37 heavy (non-hydrogen) atoms. The van der Waals surface area contributed by atoms with Gasteiger partial charge in [0.25, 0.3) is 0 Å². The standard InChI is InChI=1S/C27H28N8O2/c1-18-4-2-6-22(30-18)25-28-13-11-23(33-25)32-24-12-14-29-27(34-24)31-21-9-7-19(8-10-21)16-35-15-3-5-20(17-35)26(36)37/h2,4,6-14,20H,3,5,15-17H2,1H3,(H,36,37)(H2,28,29,31,32,33,34)/t20-/m0/s1. The van der Waals surface area contributed by atoms with Crippen LogP contribution in [0.4, 0.5) is 23.3 Å². The number of carbonyl (C=O) groups is 1. The molecule has 188 valence electrons. The number of carboxylic acids is 1. The average molecular weight is 497 g/mol. The molecule has 0 aliphatic carbocycles. The van der Waals surface area contributed by atoms with Crippen molar-refractivity contribution in [2.75, 3.05) is 23.7 Å². The quantitative estimate of drug-likeness (QED) is 0.322. The van der Waals surface area contributed by atoms with E-state index < -0.39 is 5.97 Å². The molecule has 1 fully saturated rings. The zero-order valence-electron chi connectivity index (χ0n) is 20.5. The lowest BCUT2D eigenvalue weighted by Crippen LogP contribution is -2.38. The Morgan fingerprint density at radius 3 is 2.54 bits per heavy atom. The number of aryl methyl sites for hydroxylation is 1. The van der Waals surface area contributed by atoms with Gasteiger partial charge in [0.1, 0.15) is 17.3 Å². The van der Waals surface area contributed by atoms with E-state index in [2.05, 4.69) is 40.5 Å². The van der Waals surface area contributed by atoms with Gasteiger partial charge in [-0.05, 0) is 68.3 Å². The Hall–Kier alpha value is -4.44. The van der Waals surface area contributed by atoms with Gasteiger partial charge in [-0.25, -0.2) is 19.9 Å². The second-order valence-corrected chi connectivity index (χ2v) is 9.05. The number of likely N-dealkylation sites (tertiary alicyclic amines) is 1. The van der Waals surface area contributed by atoms with E-state index in [1.54, 1.807) is 24.5 Å². The van der Waals surface area contributed by atoms with Gasteiger partial charge >= 0.3 is 5.97 Å². The van der Waals surface area contributed by atoms with E-state index in [1.165, 1.54) is 0 Å². The first-order valence-electron chi connectivity index (χ1n) is 12.2. The molecule has 0 amide bonds. The van der Waals surface area contributed by atoms with E-state index in [-0.39, 0.29) is 5.92 Å². The molecule has 4 heterocycles. The van der Waals surface area contributed by atoms with Crippen LogP contribution in [-0.4, -0.2) is 54.0 Å².